The lowest BCUT2D eigenvalue weighted by atomic mass is 10.1. The summed E-state index contributed by atoms with van der Waals surface area (Å²) in [6.07, 6.45) is 4.23. The van der Waals surface area contributed by atoms with Gasteiger partial charge in [-0.3, -0.25) is 9.59 Å². The van der Waals surface area contributed by atoms with E-state index in [-0.39, 0.29) is 24.4 Å². The lowest BCUT2D eigenvalue weighted by molar-refractivity contribution is -0.124. The number of carbonyl (C=O) groups is 2. The van der Waals surface area contributed by atoms with Gasteiger partial charge in [0.2, 0.25) is 11.8 Å². The zero-order valence-electron chi connectivity index (χ0n) is 11.6. The Morgan fingerprint density at radius 2 is 2.10 bits per heavy atom. The lowest BCUT2D eigenvalue weighted by Gasteiger charge is -2.19. The zero-order valence-corrected chi connectivity index (χ0v) is 11.6. The molecule has 6 heteroatoms. The van der Waals surface area contributed by atoms with Crippen LogP contribution in [0.4, 0.5) is 10.1 Å². The van der Waals surface area contributed by atoms with Gasteiger partial charge in [0.1, 0.15) is 18.4 Å². The second-order valence-electron chi connectivity index (χ2n) is 5.65. The molecule has 0 saturated heterocycles. The number of fused-ring (bicyclic) bond motifs is 1. The van der Waals surface area contributed by atoms with Gasteiger partial charge in [-0.25, -0.2) is 4.39 Å². The van der Waals surface area contributed by atoms with Crippen molar-refractivity contribution in [2.75, 3.05) is 11.4 Å². The molecule has 1 unspecified atom stereocenters. The number of amides is 2. The Balaban J connectivity index is 1.73. The summed E-state index contributed by atoms with van der Waals surface area (Å²) in [6.45, 7) is -0.0678. The summed E-state index contributed by atoms with van der Waals surface area (Å²) < 4.78 is 13.3. The first-order valence-electron chi connectivity index (χ1n) is 7.22. The van der Waals surface area contributed by atoms with Gasteiger partial charge in [-0.1, -0.05) is 12.8 Å². The average Bonchev–Trinajstić information content (AvgIpc) is 3.02. The molecule has 1 aromatic rings. The first-order chi connectivity index (χ1) is 10.1. The van der Waals surface area contributed by atoms with Crippen LogP contribution in [0.15, 0.2) is 18.2 Å². The minimum absolute atomic E-state index is 0.0678. The first kappa shape index (κ1) is 14.0. The molecule has 2 amide bonds. The highest BCUT2D eigenvalue weighted by molar-refractivity contribution is 6.07. The quantitative estimate of drug-likeness (QED) is 0.879. The van der Waals surface area contributed by atoms with Gasteiger partial charge in [-0.2, -0.15) is 0 Å². The molecule has 3 N–H and O–H groups in total. The third kappa shape index (κ3) is 2.63. The van der Waals surface area contributed by atoms with Gasteiger partial charge in [-0.15, -0.1) is 0 Å². The van der Waals surface area contributed by atoms with Crippen LogP contribution in [0.3, 0.4) is 0 Å². The van der Waals surface area contributed by atoms with E-state index in [1.807, 2.05) is 0 Å². The highest BCUT2D eigenvalue weighted by atomic mass is 19.1. The van der Waals surface area contributed by atoms with Gasteiger partial charge in [-0.05, 0) is 31.0 Å². The predicted octanol–water partition coefficient (Wildman–Crippen LogP) is 1.23. The summed E-state index contributed by atoms with van der Waals surface area (Å²) in [6, 6.07) is 3.34. The topological polar surface area (TPSA) is 75.4 Å². The number of anilines is 1. The molecule has 1 heterocycles. The predicted molar refractivity (Wildman–Crippen MR) is 76.1 cm³/mol. The third-order valence-corrected chi connectivity index (χ3v) is 4.17. The fraction of sp³-hybridized carbons (Fsp3) is 0.467. The van der Waals surface area contributed by atoms with Crippen LogP contribution in [0.5, 0.6) is 0 Å². The minimum Gasteiger partial charge on any atom is -0.352 e. The molecule has 112 valence electrons. The maximum atomic E-state index is 13.3. The Bertz CT molecular complexity index is 584. The van der Waals surface area contributed by atoms with E-state index in [4.69, 9.17) is 5.73 Å². The van der Waals surface area contributed by atoms with Crippen molar-refractivity contribution in [3.63, 3.8) is 0 Å². The fourth-order valence-electron chi connectivity index (χ4n) is 3.09. The van der Waals surface area contributed by atoms with Gasteiger partial charge >= 0.3 is 0 Å². The second kappa shape index (κ2) is 5.44. The zero-order chi connectivity index (χ0) is 15.0. The number of nitrogens with two attached hydrogens (primary N) is 1. The molecular formula is C15H18FN3O2. The Kier molecular flexibility index (Phi) is 3.63. The van der Waals surface area contributed by atoms with Crippen molar-refractivity contribution in [3.05, 3.63) is 29.6 Å². The Morgan fingerprint density at radius 3 is 2.81 bits per heavy atom. The lowest BCUT2D eigenvalue weighted by Crippen LogP contribution is -2.43. The van der Waals surface area contributed by atoms with E-state index in [0.717, 1.165) is 25.7 Å². The summed E-state index contributed by atoms with van der Waals surface area (Å²) in [7, 11) is 0. The van der Waals surface area contributed by atoms with E-state index in [9.17, 15) is 14.0 Å². The molecule has 0 radical (unpaired) electrons. The molecule has 3 rings (SSSR count). The normalized spacial score (nSPS) is 21.7. The molecule has 1 atom stereocenters. The standard InChI is InChI=1S/C15H18FN3O2/c16-9-5-6-12-11(7-9)14(17)15(21)19(12)8-13(20)18-10-3-1-2-4-10/h5-7,10,14H,1-4,8,17H2,(H,18,20). The maximum absolute atomic E-state index is 13.3. The number of carbonyl (C=O) groups excluding carboxylic acids is 2. The van der Waals surface area contributed by atoms with Gasteiger partial charge in [0.25, 0.3) is 0 Å². The van der Waals surface area contributed by atoms with Crippen molar-refractivity contribution in [1.82, 2.24) is 5.32 Å². The van der Waals surface area contributed by atoms with Crippen molar-refractivity contribution >= 4 is 17.5 Å². The van der Waals surface area contributed by atoms with Crippen LogP contribution >= 0.6 is 0 Å². The van der Waals surface area contributed by atoms with Gasteiger partial charge in [0, 0.05) is 17.3 Å². The summed E-state index contributed by atoms with van der Waals surface area (Å²) in [5, 5.41) is 2.94. The fourth-order valence-corrected chi connectivity index (χ4v) is 3.09. The molecule has 2 aliphatic rings. The molecule has 1 aliphatic heterocycles. The van der Waals surface area contributed by atoms with E-state index in [2.05, 4.69) is 5.32 Å². The third-order valence-electron chi connectivity index (χ3n) is 4.17. The highest BCUT2D eigenvalue weighted by Crippen LogP contribution is 2.34. The van der Waals surface area contributed by atoms with Gasteiger partial charge in [0.05, 0.1) is 0 Å². The van der Waals surface area contributed by atoms with Crippen LogP contribution in [-0.4, -0.2) is 24.4 Å². The SMILES string of the molecule is NC1C(=O)N(CC(=O)NC2CCCC2)c2ccc(F)cc21. The van der Waals surface area contributed by atoms with Crippen molar-refractivity contribution in [2.45, 2.75) is 37.8 Å². The smallest absolute Gasteiger partial charge is 0.249 e. The van der Waals surface area contributed by atoms with Crippen molar-refractivity contribution in [3.8, 4) is 0 Å². The largest absolute Gasteiger partial charge is 0.352 e. The van der Waals surface area contributed by atoms with Crippen molar-refractivity contribution < 1.29 is 14.0 Å². The van der Waals surface area contributed by atoms with Crippen LogP contribution in [0.25, 0.3) is 0 Å². The highest BCUT2D eigenvalue weighted by Gasteiger charge is 2.36. The van der Waals surface area contributed by atoms with E-state index in [1.54, 1.807) is 0 Å². The Labute approximate surface area is 122 Å². The summed E-state index contributed by atoms with van der Waals surface area (Å²) >= 11 is 0. The van der Waals surface area contributed by atoms with E-state index in [0.29, 0.717) is 11.3 Å². The summed E-state index contributed by atoms with van der Waals surface area (Å²) in [5.74, 6) is -0.994. The Morgan fingerprint density at radius 1 is 1.38 bits per heavy atom. The summed E-state index contributed by atoms with van der Waals surface area (Å²) in [5.41, 5.74) is 6.76. The van der Waals surface area contributed by atoms with Crippen LogP contribution in [-0.2, 0) is 9.59 Å². The molecular weight excluding hydrogens is 273 g/mol. The molecule has 1 aliphatic carbocycles. The monoisotopic (exact) mass is 291 g/mol. The number of nitrogens with zero attached hydrogens (tertiary/aromatic N) is 1. The van der Waals surface area contributed by atoms with Gasteiger partial charge < -0.3 is 16.0 Å². The second-order valence-corrected chi connectivity index (χ2v) is 5.65. The van der Waals surface area contributed by atoms with E-state index < -0.39 is 11.9 Å². The number of hydrogen-bond donors (Lipinski definition) is 2. The number of benzene rings is 1. The molecule has 0 bridgehead atoms. The maximum Gasteiger partial charge on any atom is 0.249 e. The molecule has 1 saturated carbocycles. The molecule has 0 spiro atoms. The van der Waals surface area contributed by atoms with E-state index >= 15 is 0 Å². The van der Waals surface area contributed by atoms with Crippen LogP contribution in [0.1, 0.15) is 37.3 Å². The Hall–Kier alpha value is -1.95. The van der Waals surface area contributed by atoms with Crippen molar-refractivity contribution in [2.24, 2.45) is 5.73 Å². The number of hydrogen-bond acceptors (Lipinski definition) is 3. The molecule has 5 nitrogen and oxygen atoms in total. The van der Waals surface area contributed by atoms with Crippen LogP contribution < -0.4 is 16.0 Å². The first-order valence-corrected chi connectivity index (χ1v) is 7.22. The van der Waals surface area contributed by atoms with E-state index in [1.165, 1.54) is 23.1 Å². The molecule has 0 aromatic heterocycles. The minimum atomic E-state index is -0.894. The number of nitrogens with one attached hydrogen (secondary N) is 1. The van der Waals surface area contributed by atoms with Crippen molar-refractivity contribution in [1.29, 1.82) is 0 Å². The van der Waals surface area contributed by atoms with Crippen LogP contribution in [0.2, 0.25) is 0 Å². The molecule has 21 heavy (non-hydrogen) atoms. The average molecular weight is 291 g/mol. The molecule has 1 fully saturated rings. The van der Waals surface area contributed by atoms with Crippen LogP contribution in [0, 0.1) is 5.82 Å². The number of halogens is 1. The molecule has 1 aromatic carbocycles. The van der Waals surface area contributed by atoms with Gasteiger partial charge in [0.15, 0.2) is 0 Å². The number of rotatable bonds is 3. The summed E-state index contributed by atoms with van der Waals surface area (Å²) in [4.78, 5) is 25.5.